The fourth-order valence-electron chi connectivity index (χ4n) is 4.64. The van der Waals surface area contributed by atoms with Crippen molar-refractivity contribution in [1.29, 1.82) is 5.26 Å². The molecule has 0 amide bonds. The topological polar surface area (TPSA) is 93.2 Å². The summed E-state index contributed by atoms with van der Waals surface area (Å²) in [5.41, 5.74) is -1.13. The van der Waals surface area contributed by atoms with Crippen LogP contribution < -0.4 is 16.1 Å². The van der Waals surface area contributed by atoms with Gasteiger partial charge < -0.3 is 9.64 Å². The normalized spacial score (nSPS) is 16.5. The van der Waals surface area contributed by atoms with Crippen molar-refractivity contribution in [3.05, 3.63) is 73.4 Å². The van der Waals surface area contributed by atoms with Crippen LogP contribution in [0.3, 0.4) is 0 Å². The van der Waals surface area contributed by atoms with E-state index in [4.69, 9.17) is 27.9 Å². The molecular formula is C23H18Cl2FN5O3. The van der Waals surface area contributed by atoms with E-state index in [1.165, 1.54) is 35.2 Å². The van der Waals surface area contributed by atoms with Gasteiger partial charge in [0.2, 0.25) is 0 Å². The lowest BCUT2D eigenvalue weighted by Gasteiger charge is -2.49. The molecule has 1 spiro atoms. The summed E-state index contributed by atoms with van der Waals surface area (Å²) in [4.78, 5) is 33.2. The average Bonchev–Trinajstić information content (AvgIpc) is 3.27. The molecular weight excluding hydrogens is 484 g/mol. The van der Waals surface area contributed by atoms with Crippen LogP contribution in [0.25, 0.3) is 16.8 Å². The molecule has 2 saturated heterocycles. The van der Waals surface area contributed by atoms with Crippen molar-refractivity contribution >= 4 is 29.0 Å². The predicted molar refractivity (Wildman–Crippen MR) is 125 cm³/mol. The predicted octanol–water partition coefficient (Wildman–Crippen LogP) is 3.40. The van der Waals surface area contributed by atoms with Crippen LogP contribution in [0.1, 0.15) is 12.8 Å². The smallest absolute Gasteiger partial charge is 0.338 e. The van der Waals surface area contributed by atoms with E-state index in [1.54, 1.807) is 0 Å². The first-order valence-electron chi connectivity index (χ1n) is 10.6. The second-order valence-electron chi connectivity index (χ2n) is 8.35. The highest BCUT2D eigenvalue weighted by molar-refractivity contribution is 6.31. The Morgan fingerprint density at radius 1 is 1.21 bits per heavy atom. The zero-order valence-electron chi connectivity index (χ0n) is 17.8. The largest absolute Gasteiger partial charge is 0.371 e. The van der Waals surface area contributed by atoms with Crippen LogP contribution in [-0.4, -0.2) is 39.4 Å². The van der Waals surface area contributed by atoms with E-state index in [1.807, 2.05) is 11.0 Å². The lowest BCUT2D eigenvalue weighted by Crippen LogP contribution is -2.63. The molecule has 2 fully saturated rings. The monoisotopic (exact) mass is 501 g/mol. The summed E-state index contributed by atoms with van der Waals surface area (Å²) in [6.07, 6.45) is 4.51. The molecule has 4 heterocycles. The zero-order valence-corrected chi connectivity index (χ0v) is 19.3. The maximum absolute atomic E-state index is 13.9. The van der Waals surface area contributed by atoms with E-state index in [0.29, 0.717) is 25.3 Å². The second kappa shape index (κ2) is 8.55. The number of benzene rings is 1. The molecule has 34 heavy (non-hydrogen) atoms. The van der Waals surface area contributed by atoms with Gasteiger partial charge in [0.05, 0.1) is 46.7 Å². The number of ether oxygens (including phenoxy) is 1. The molecule has 0 aliphatic carbocycles. The van der Waals surface area contributed by atoms with Gasteiger partial charge in [-0.25, -0.2) is 13.8 Å². The molecule has 0 N–H and O–H groups in total. The highest BCUT2D eigenvalue weighted by Crippen LogP contribution is 2.40. The minimum absolute atomic E-state index is 0.115. The first-order chi connectivity index (χ1) is 16.3. The van der Waals surface area contributed by atoms with Crippen LogP contribution in [0, 0.1) is 17.1 Å². The van der Waals surface area contributed by atoms with Gasteiger partial charge in [-0.3, -0.25) is 14.3 Å². The average molecular weight is 502 g/mol. The molecule has 0 saturated carbocycles. The first kappa shape index (κ1) is 22.6. The molecule has 3 aromatic rings. The molecule has 1 aromatic carbocycles. The third-order valence-corrected chi connectivity index (χ3v) is 6.64. The molecule has 0 unspecified atom stereocenters. The van der Waals surface area contributed by atoms with Gasteiger partial charge in [0.25, 0.3) is 5.56 Å². The van der Waals surface area contributed by atoms with Gasteiger partial charge in [-0.15, -0.1) is 0 Å². The van der Waals surface area contributed by atoms with Gasteiger partial charge in [-0.2, -0.15) is 5.26 Å². The van der Waals surface area contributed by atoms with Gasteiger partial charge in [0.1, 0.15) is 23.8 Å². The Morgan fingerprint density at radius 2 is 2.00 bits per heavy atom. The van der Waals surface area contributed by atoms with Crippen LogP contribution in [0.15, 0.2) is 46.2 Å². The van der Waals surface area contributed by atoms with Gasteiger partial charge in [-0.1, -0.05) is 29.3 Å². The number of pyridine rings is 1. The number of aromatic nitrogens is 3. The van der Waals surface area contributed by atoms with Gasteiger partial charge in [-0.05, 0) is 36.6 Å². The van der Waals surface area contributed by atoms with Gasteiger partial charge in [0, 0.05) is 12.8 Å². The van der Waals surface area contributed by atoms with Crippen molar-refractivity contribution in [1.82, 2.24) is 14.1 Å². The maximum Gasteiger partial charge on any atom is 0.338 e. The SMILES string of the molecule is N#CCn1c(N2CC3(CCCO3)C2)c(-c2ccc(F)c(Cl)c2)c(=O)n(-c2cncc(Cl)c2)c1=O. The van der Waals surface area contributed by atoms with Crippen molar-refractivity contribution < 1.29 is 9.13 Å². The lowest BCUT2D eigenvalue weighted by atomic mass is 9.90. The summed E-state index contributed by atoms with van der Waals surface area (Å²) in [5, 5.41) is 9.58. The summed E-state index contributed by atoms with van der Waals surface area (Å²) < 4.78 is 22.0. The fourth-order valence-corrected chi connectivity index (χ4v) is 4.99. The molecule has 2 aliphatic rings. The Hall–Kier alpha value is -3.19. The van der Waals surface area contributed by atoms with Crippen molar-refractivity contribution in [2.24, 2.45) is 0 Å². The molecule has 5 rings (SSSR count). The zero-order chi connectivity index (χ0) is 24.0. The Bertz CT molecular complexity index is 1450. The van der Waals surface area contributed by atoms with E-state index >= 15 is 0 Å². The van der Waals surface area contributed by atoms with E-state index in [0.717, 1.165) is 23.5 Å². The second-order valence-corrected chi connectivity index (χ2v) is 9.19. The van der Waals surface area contributed by atoms with Gasteiger partial charge >= 0.3 is 5.69 Å². The molecule has 0 atom stereocenters. The molecule has 8 nitrogen and oxygen atoms in total. The van der Waals surface area contributed by atoms with Crippen molar-refractivity contribution in [2.75, 3.05) is 24.6 Å². The summed E-state index contributed by atoms with van der Waals surface area (Å²) in [7, 11) is 0. The van der Waals surface area contributed by atoms with E-state index in [9.17, 15) is 19.2 Å². The quantitative estimate of drug-likeness (QED) is 0.543. The number of hydrogen-bond donors (Lipinski definition) is 0. The Kier molecular flexibility index (Phi) is 5.68. The highest BCUT2D eigenvalue weighted by atomic mass is 35.5. The maximum atomic E-state index is 13.9. The third kappa shape index (κ3) is 3.68. The van der Waals surface area contributed by atoms with E-state index in [2.05, 4.69) is 4.98 Å². The molecule has 174 valence electrons. The number of nitrogens with zero attached hydrogens (tertiary/aromatic N) is 5. The van der Waals surface area contributed by atoms with E-state index < -0.39 is 17.1 Å². The number of anilines is 1. The standard InChI is InChI=1S/C23H18Cl2FN5O3/c24-15-9-16(11-28-10-15)31-21(32)19(14-2-3-18(26)17(25)8-14)20(30(6-5-27)22(31)33)29-12-23(13-29)4-1-7-34-23/h2-3,8-11H,1,4,6-7,12-13H2. The van der Waals surface area contributed by atoms with Crippen molar-refractivity contribution in [2.45, 2.75) is 25.0 Å². The highest BCUT2D eigenvalue weighted by Gasteiger charge is 2.48. The Morgan fingerprint density at radius 3 is 2.65 bits per heavy atom. The van der Waals surface area contributed by atoms with Crippen molar-refractivity contribution in [3.8, 4) is 22.9 Å². The number of halogens is 3. The summed E-state index contributed by atoms with van der Waals surface area (Å²) in [5.74, 6) is -0.370. The fraction of sp³-hybridized carbons (Fsp3) is 0.304. The van der Waals surface area contributed by atoms with Crippen LogP contribution in [0.2, 0.25) is 10.0 Å². The molecule has 11 heteroatoms. The van der Waals surface area contributed by atoms with Crippen LogP contribution in [0.5, 0.6) is 0 Å². The van der Waals surface area contributed by atoms with Crippen molar-refractivity contribution in [3.63, 3.8) is 0 Å². The number of hydrogen-bond acceptors (Lipinski definition) is 6. The van der Waals surface area contributed by atoms with E-state index in [-0.39, 0.29) is 39.3 Å². The minimum Gasteiger partial charge on any atom is -0.371 e. The summed E-state index contributed by atoms with van der Waals surface area (Å²) >= 11 is 12.1. The van der Waals surface area contributed by atoms with Gasteiger partial charge in [0.15, 0.2) is 0 Å². The number of rotatable bonds is 4. The molecule has 2 aliphatic heterocycles. The summed E-state index contributed by atoms with van der Waals surface area (Å²) in [6.45, 7) is 1.27. The lowest BCUT2D eigenvalue weighted by molar-refractivity contribution is -0.0187. The first-order valence-corrected chi connectivity index (χ1v) is 11.3. The van der Waals surface area contributed by atoms with Crippen LogP contribution in [0.4, 0.5) is 10.2 Å². The Labute approximate surface area is 203 Å². The Balaban J connectivity index is 1.80. The molecule has 0 bridgehead atoms. The van der Waals surface area contributed by atoms with Crippen LogP contribution in [-0.2, 0) is 11.3 Å². The summed E-state index contributed by atoms with van der Waals surface area (Å²) in [6, 6.07) is 7.34. The minimum atomic E-state index is -0.712. The molecule has 0 radical (unpaired) electrons. The number of nitriles is 1. The third-order valence-electron chi connectivity index (χ3n) is 6.15. The van der Waals surface area contributed by atoms with Crippen LogP contribution >= 0.6 is 23.2 Å². The molecule has 2 aromatic heterocycles.